The highest BCUT2D eigenvalue weighted by atomic mass is 79.9. The second kappa shape index (κ2) is 3.87. The van der Waals surface area contributed by atoms with Gasteiger partial charge in [0.1, 0.15) is 4.60 Å². The molecule has 0 saturated heterocycles. The number of halogens is 1. The van der Waals surface area contributed by atoms with Crippen LogP contribution in [-0.2, 0) is 0 Å². The summed E-state index contributed by atoms with van der Waals surface area (Å²) in [4.78, 5) is 4.13. The largest absolute Gasteiger partial charge is 0.481 e. The zero-order valence-electron chi connectivity index (χ0n) is 7.04. The van der Waals surface area contributed by atoms with Gasteiger partial charge in [0, 0.05) is 11.6 Å². The number of rotatable bonds is 2. The average molecular weight is 231 g/mol. The van der Waals surface area contributed by atoms with Gasteiger partial charge >= 0.3 is 0 Å². The van der Waals surface area contributed by atoms with Crippen LogP contribution in [0, 0.1) is 0 Å². The van der Waals surface area contributed by atoms with Crippen molar-refractivity contribution in [2.24, 2.45) is 5.73 Å². The lowest BCUT2D eigenvalue weighted by Crippen LogP contribution is -2.07. The summed E-state index contributed by atoms with van der Waals surface area (Å²) in [6.45, 7) is 1.90. The number of hydrogen-bond donors (Lipinski definition) is 1. The summed E-state index contributed by atoms with van der Waals surface area (Å²) in [7, 11) is 1.58. The van der Waals surface area contributed by atoms with Gasteiger partial charge < -0.3 is 10.5 Å². The van der Waals surface area contributed by atoms with Crippen LogP contribution in [0.3, 0.4) is 0 Å². The van der Waals surface area contributed by atoms with Gasteiger partial charge in [0.25, 0.3) is 0 Å². The minimum absolute atomic E-state index is 0.0550. The maximum Gasteiger partial charge on any atom is 0.218 e. The van der Waals surface area contributed by atoms with Crippen LogP contribution >= 0.6 is 15.9 Å². The summed E-state index contributed by atoms with van der Waals surface area (Å²) in [6, 6.07) is 3.70. The van der Waals surface area contributed by atoms with Gasteiger partial charge in [-0.3, -0.25) is 0 Å². The van der Waals surface area contributed by atoms with Crippen LogP contribution in [0.2, 0.25) is 0 Å². The molecule has 0 fully saturated rings. The molecule has 0 radical (unpaired) electrons. The van der Waals surface area contributed by atoms with Gasteiger partial charge in [-0.1, -0.05) is 0 Å². The quantitative estimate of drug-likeness (QED) is 0.790. The van der Waals surface area contributed by atoms with Crippen molar-refractivity contribution in [2.75, 3.05) is 7.11 Å². The summed E-state index contributed by atoms with van der Waals surface area (Å²) in [6.07, 6.45) is 0. The molecular weight excluding hydrogens is 220 g/mol. The van der Waals surface area contributed by atoms with Gasteiger partial charge in [-0.15, -0.1) is 0 Å². The van der Waals surface area contributed by atoms with Crippen molar-refractivity contribution in [1.82, 2.24) is 4.98 Å². The standard InChI is InChI=1S/C8H11BrN2O/c1-5(10)6-3-4-7(9)11-8(6)12-2/h3-5H,10H2,1-2H3/t5-/m0/s1. The lowest BCUT2D eigenvalue weighted by Gasteiger charge is -2.09. The van der Waals surface area contributed by atoms with E-state index in [1.165, 1.54) is 0 Å². The van der Waals surface area contributed by atoms with Crippen molar-refractivity contribution in [2.45, 2.75) is 13.0 Å². The lowest BCUT2D eigenvalue weighted by molar-refractivity contribution is 0.389. The molecular formula is C8H11BrN2O. The van der Waals surface area contributed by atoms with E-state index in [2.05, 4.69) is 20.9 Å². The number of nitrogens with zero attached hydrogens (tertiary/aromatic N) is 1. The molecule has 0 aliphatic heterocycles. The molecule has 1 atom stereocenters. The maximum absolute atomic E-state index is 5.70. The second-order valence-electron chi connectivity index (χ2n) is 2.52. The van der Waals surface area contributed by atoms with Crippen LogP contribution in [0.15, 0.2) is 16.7 Å². The smallest absolute Gasteiger partial charge is 0.218 e. The highest BCUT2D eigenvalue weighted by Gasteiger charge is 2.08. The zero-order valence-corrected chi connectivity index (χ0v) is 8.63. The topological polar surface area (TPSA) is 48.1 Å². The normalized spacial score (nSPS) is 12.7. The Morgan fingerprint density at radius 3 is 2.75 bits per heavy atom. The summed E-state index contributed by atoms with van der Waals surface area (Å²) >= 11 is 3.25. The summed E-state index contributed by atoms with van der Waals surface area (Å²) in [5, 5.41) is 0. The molecule has 66 valence electrons. The first-order valence-corrected chi connectivity index (χ1v) is 4.40. The highest BCUT2D eigenvalue weighted by molar-refractivity contribution is 9.10. The van der Waals surface area contributed by atoms with Crippen LogP contribution in [0.1, 0.15) is 18.5 Å². The van der Waals surface area contributed by atoms with Gasteiger partial charge in [-0.25, -0.2) is 4.98 Å². The van der Waals surface area contributed by atoms with Crippen LogP contribution in [0.5, 0.6) is 5.88 Å². The zero-order chi connectivity index (χ0) is 9.14. The molecule has 0 aliphatic carbocycles. The Labute approximate surface area is 80.1 Å². The van der Waals surface area contributed by atoms with Gasteiger partial charge in [0.2, 0.25) is 5.88 Å². The first kappa shape index (κ1) is 9.48. The number of ether oxygens (including phenoxy) is 1. The first-order chi connectivity index (χ1) is 5.65. The first-order valence-electron chi connectivity index (χ1n) is 3.61. The van der Waals surface area contributed by atoms with E-state index in [1.807, 2.05) is 19.1 Å². The Bertz CT molecular complexity index is 276. The Hall–Kier alpha value is -0.610. The minimum Gasteiger partial charge on any atom is -0.481 e. The molecule has 1 aromatic rings. The third kappa shape index (κ3) is 1.95. The van der Waals surface area contributed by atoms with Crippen molar-refractivity contribution in [3.63, 3.8) is 0 Å². The lowest BCUT2D eigenvalue weighted by atomic mass is 10.1. The van der Waals surface area contributed by atoms with E-state index in [4.69, 9.17) is 10.5 Å². The Morgan fingerprint density at radius 2 is 2.25 bits per heavy atom. The summed E-state index contributed by atoms with van der Waals surface area (Å²) in [5.74, 6) is 0.583. The van der Waals surface area contributed by atoms with Crippen molar-refractivity contribution in [1.29, 1.82) is 0 Å². The van der Waals surface area contributed by atoms with Gasteiger partial charge in [-0.05, 0) is 35.0 Å². The van der Waals surface area contributed by atoms with Crippen LogP contribution in [-0.4, -0.2) is 12.1 Å². The van der Waals surface area contributed by atoms with Crippen LogP contribution < -0.4 is 10.5 Å². The van der Waals surface area contributed by atoms with E-state index in [9.17, 15) is 0 Å². The molecule has 0 saturated carbocycles. The van der Waals surface area contributed by atoms with Crippen LogP contribution in [0.25, 0.3) is 0 Å². The van der Waals surface area contributed by atoms with Crippen molar-refractivity contribution < 1.29 is 4.74 Å². The van der Waals surface area contributed by atoms with E-state index >= 15 is 0 Å². The van der Waals surface area contributed by atoms with Crippen molar-refractivity contribution in [3.05, 3.63) is 22.3 Å². The number of aromatic nitrogens is 1. The fraction of sp³-hybridized carbons (Fsp3) is 0.375. The van der Waals surface area contributed by atoms with E-state index < -0.39 is 0 Å². The minimum atomic E-state index is -0.0550. The second-order valence-corrected chi connectivity index (χ2v) is 3.33. The molecule has 0 aromatic carbocycles. The van der Waals surface area contributed by atoms with Gasteiger partial charge in [0.05, 0.1) is 7.11 Å². The Kier molecular flexibility index (Phi) is 3.05. The summed E-state index contributed by atoms with van der Waals surface area (Å²) in [5.41, 5.74) is 6.62. The fourth-order valence-corrected chi connectivity index (χ4v) is 1.23. The van der Waals surface area contributed by atoms with Gasteiger partial charge in [0.15, 0.2) is 0 Å². The molecule has 1 aromatic heterocycles. The van der Waals surface area contributed by atoms with E-state index in [0.717, 1.165) is 10.2 Å². The molecule has 1 rings (SSSR count). The number of pyridine rings is 1. The predicted octanol–water partition coefficient (Wildman–Crippen LogP) is 1.87. The predicted molar refractivity (Wildman–Crippen MR) is 51.1 cm³/mol. The average Bonchev–Trinajstić information content (AvgIpc) is 2.03. The molecule has 3 nitrogen and oxygen atoms in total. The molecule has 2 N–H and O–H groups in total. The number of methoxy groups -OCH3 is 1. The highest BCUT2D eigenvalue weighted by Crippen LogP contribution is 2.23. The fourth-order valence-electron chi connectivity index (χ4n) is 0.939. The Balaban J connectivity index is 3.11. The molecule has 0 spiro atoms. The molecule has 0 bridgehead atoms. The van der Waals surface area contributed by atoms with Gasteiger partial charge in [-0.2, -0.15) is 0 Å². The van der Waals surface area contributed by atoms with Crippen molar-refractivity contribution in [3.8, 4) is 5.88 Å². The monoisotopic (exact) mass is 230 g/mol. The van der Waals surface area contributed by atoms with Crippen LogP contribution in [0.4, 0.5) is 0 Å². The third-order valence-electron chi connectivity index (χ3n) is 1.54. The van der Waals surface area contributed by atoms with E-state index in [-0.39, 0.29) is 6.04 Å². The SMILES string of the molecule is COc1nc(Br)ccc1[C@H](C)N. The number of hydrogen-bond acceptors (Lipinski definition) is 3. The molecule has 1 heterocycles. The molecule has 12 heavy (non-hydrogen) atoms. The van der Waals surface area contributed by atoms with E-state index in [0.29, 0.717) is 5.88 Å². The molecule has 0 amide bonds. The van der Waals surface area contributed by atoms with E-state index in [1.54, 1.807) is 7.11 Å². The molecule has 0 aliphatic rings. The number of nitrogens with two attached hydrogens (primary N) is 1. The molecule has 4 heteroatoms. The maximum atomic E-state index is 5.70. The molecule has 0 unspecified atom stereocenters. The third-order valence-corrected chi connectivity index (χ3v) is 1.98. The summed E-state index contributed by atoms with van der Waals surface area (Å²) < 4.78 is 5.82. The van der Waals surface area contributed by atoms with Crippen molar-refractivity contribution >= 4 is 15.9 Å². The Morgan fingerprint density at radius 1 is 1.58 bits per heavy atom.